The largest absolute Gasteiger partial charge is 0.313 e. The molecular formula is C7H14ClNOS. The van der Waals surface area contributed by atoms with Crippen LogP contribution in [-0.4, -0.2) is 29.3 Å². The van der Waals surface area contributed by atoms with Gasteiger partial charge in [0.1, 0.15) is 0 Å². The Balaban J connectivity index is 2.96. The Morgan fingerprint density at radius 1 is 1.64 bits per heavy atom. The highest BCUT2D eigenvalue weighted by Gasteiger charge is 1.89. The Morgan fingerprint density at radius 3 is 2.91 bits per heavy atom. The van der Waals surface area contributed by atoms with Gasteiger partial charge in [0, 0.05) is 34.9 Å². The first kappa shape index (κ1) is 11.1. The Kier molecular flexibility index (Phi) is 8.34. The lowest BCUT2D eigenvalue weighted by molar-refractivity contribution is 0.678. The second-order valence-corrected chi connectivity index (χ2v) is 4.00. The van der Waals surface area contributed by atoms with Gasteiger partial charge in [-0.25, -0.2) is 0 Å². The van der Waals surface area contributed by atoms with E-state index < -0.39 is 10.8 Å². The van der Waals surface area contributed by atoms with E-state index in [0.717, 1.165) is 25.3 Å². The second kappa shape index (κ2) is 8.24. The van der Waals surface area contributed by atoms with Gasteiger partial charge in [0.2, 0.25) is 0 Å². The van der Waals surface area contributed by atoms with E-state index in [1.165, 1.54) is 5.54 Å². The summed E-state index contributed by atoms with van der Waals surface area (Å²) < 4.78 is 10.6. The molecule has 1 N–H and O–H groups in total. The predicted octanol–water partition coefficient (Wildman–Crippen LogP) is 1.10. The average Bonchev–Trinajstić information content (AvgIpc) is 1.96. The van der Waals surface area contributed by atoms with E-state index in [4.69, 9.17) is 11.6 Å². The minimum Gasteiger partial charge on any atom is -0.313 e. The Bertz CT molecular complexity index is 138. The minimum atomic E-state index is -0.657. The molecule has 0 amide bonds. The molecular weight excluding hydrogens is 182 g/mol. The maximum absolute atomic E-state index is 10.6. The van der Waals surface area contributed by atoms with Crippen LogP contribution in [-0.2, 0) is 10.8 Å². The van der Waals surface area contributed by atoms with Crippen molar-refractivity contribution in [3.05, 3.63) is 11.6 Å². The van der Waals surface area contributed by atoms with Crippen LogP contribution in [0.15, 0.2) is 11.6 Å². The SMILES string of the molecule is CS(=O)CCCNC/C=C/Cl. The van der Waals surface area contributed by atoms with Crippen molar-refractivity contribution in [1.29, 1.82) is 0 Å². The summed E-state index contributed by atoms with van der Waals surface area (Å²) in [4.78, 5) is 0. The molecule has 0 saturated carbocycles. The minimum absolute atomic E-state index is 0.657. The molecule has 4 heteroatoms. The first-order valence-corrected chi connectivity index (χ1v) is 5.69. The van der Waals surface area contributed by atoms with Crippen molar-refractivity contribution in [3.8, 4) is 0 Å². The van der Waals surface area contributed by atoms with Gasteiger partial charge in [0.25, 0.3) is 0 Å². The van der Waals surface area contributed by atoms with Gasteiger partial charge in [-0.1, -0.05) is 17.7 Å². The van der Waals surface area contributed by atoms with Gasteiger partial charge in [-0.3, -0.25) is 4.21 Å². The number of halogens is 1. The van der Waals surface area contributed by atoms with Gasteiger partial charge >= 0.3 is 0 Å². The summed E-state index contributed by atoms with van der Waals surface area (Å²) in [5.74, 6) is 0.775. The van der Waals surface area contributed by atoms with Crippen LogP contribution < -0.4 is 5.32 Å². The third-order valence-electron chi connectivity index (χ3n) is 1.14. The van der Waals surface area contributed by atoms with E-state index in [9.17, 15) is 4.21 Å². The fraction of sp³-hybridized carbons (Fsp3) is 0.714. The summed E-state index contributed by atoms with van der Waals surface area (Å²) >= 11 is 5.30. The highest BCUT2D eigenvalue weighted by Crippen LogP contribution is 1.81. The summed E-state index contributed by atoms with van der Waals surface area (Å²) in [7, 11) is -0.657. The molecule has 0 aliphatic heterocycles. The molecule has 0 spiro atoms. The standard InChI is InChI=1S/C7H14ClNOS/c1-11(10)7-3-6-9-5-2-4-8/h2,4,9H,3,5-7H2,1H3/b4-2+. The molecule has 0 aromatic carbocycles. The van der Waals surface area contributed by atoms with Crippen LogP contribution in [0.2, 0.25) is 0 Å². The van der Waals surface area contributed by atoms with Crippen LogP contribution in [0.5, 0.6) is 0 Å². The zero-order valence-corrected chi connectivity index (χ0v) is 8.25. The van der Waals surface area contributed by atoms with Crippen LogP contribution in [0.25, 0.3) is 0 Å². The third kappa shape index (κ3) is 10.1. The van der Waals surface area contributed by atoms with E-state index in [0.29, 0.717) is 0 Å². The first-order chi connectivity index (χ1) is 5.27. The number of rotatable bonds is 6. The molecule has 0 fully saturated rings. The fourth-order valence-electron chi connectivity index (χ4n) is 0.630. The zero-order valence-electron chi connectivity index (χ0n) is 6.68. The summed E-state index contributed by atoms with van der Waals surface area (Å²) in [6, 6.07) is 0. The molecule has 0 aromatic rings. The molecule has 0 aromatic heterocycles. The maximum atomic E-state index is 10.6. The second-order valence-electron chi connectivity index (χ2n) is 2.20. The number of hydrogen-bond donors (Lipinski definition) is 1. The molecule has 66 valence electrons. The van der Waals surface area contributed by atoms with Crippen LogP contribution >= 0.6 is 11.6 Å². The summed E-state index contributed by atoms with van der Waals surface area (Å²) in [6.07, 6.45) is 4.52. The predicted molar refractivity (Wildman–Crippen MR) is 51.4 cm³/mol. The molecule has 0 aliphatic rings. The summed E-state index contributed by atoms with van der Waals surface area (Å²) in [5, 5.41) is 3.14. The van der Waals surface area contributed by atoms with Gasteiger partial charge in [-0.2, -0.15) is 0 Å². The van der Waals surface area contributed by atoms with Crippen molar-refractivity contribution in [1.82, 2.24) is 5.32 Å². The monoisotopic (exact) mass is 195 g/mol. The van der Waals surface area contributed by atoms with Gasteiger partial charge < -0.3 is 5.32 Å². The van der Waals surface area contributed by atoms with Crippen molar-refractivity contribution >= 4 is 22.4 Å². The van der Waals surface area contributed by atoms with E-state index in [2.05, 4.69) is 5.32 Å². The lowest BCUT2D eigenvalue weighted by Gasteiger charge is -1.98. The van der Waals surface area contributed by atoms with E-state index in [1.807, 2.05) is 6.08 Å². The third-order valence-corrected chi connectivity index (χ3v) is 2.18. The van der Waals surface area contributed by atoms with E-state index in [-0.39, 0.29) is 0 Å². The highest BCUT2D eigenvalue weighted by atomic mass is 35.5. The number of hydrogen-bond acceptors (Lipinski definition) is 2. The maximum Gasteiger partial charge on any atom is 0.0244 e. The fourth-order valence-corrected chi connectivity index (χ4v) is 1.27. The zero-order chi connectivity index (χ0) is 8.53. The molecule has 0 radical (unpaired) electrons. The molecule has 0 heterocycles. The Labute approximate surface area is 75.5 Å². The Hall–Kier alpha value is 0.140. The molecule has 0 saturated heterocycles. The molecule has 0 aliphatic carbocycles. The van der Waals surface area contributed by atoms with Crippen LogP contribution in [0.1, 0.15) is 6.42 Å². The van der Waals surface area contributed by atoms with Crippen LogP contribution in [0.3, 0.4) is 0 Å². The normalized spacial score (nSPS) is 14.0. The molecule has 0 bridgehead atoms. The van der Waals surface area contributed by atoms with Crippen LogP contribution in [0, 0.1) is 0 Å². The van der Waals surface area contributed by atoms with Gasteiger partial charge in [0.05, 0.1) is 0 Å². The summed E-state index contributed by atoms with van der Waals surface area (Å²) in [5.41, 5.74) is 1.49. The van der Waals surface area contributed by atoms with Crippen molar-refractivity contribution < 1.29 is 4.21 Å². The molecule has 2 nitrogen and oxygen atoms in total. The lowest BCUT2D eigenvalue weighted by Crippen LogP contribution is -2.16. The molecule has 0 rings (SSSR count). The van der Waals surface area contributed by atoms with E-state index >= 15 is 0 Å². The van der Waals surface area contributed by atoms with Gasteiger partial charge in [-0.15, -0.1) is 0 Å². The molecule has 11 heavy (non-hydrogen) atoms. The van der Waals surface area contributed by atoms with E-state index in [1.54, 1.807) is 6.26 Å². The summed E-state index contributed by atoms with van der Waals surface area (Å²) in [6.45, 7) is 1.70. The van der Waals surface area contributed by atoms with Crippen molar-refractivity contribution in [3.63, 3.8) is 0 Å². The molecule has 1 atom stereocenters. The van der Waals surface area contributed by atoms with Crippen molar-refractivity contribution in [2.45, 2.75) is 6.42 Å². The lowest BCUT2D eigenvalue weighted by atomic mass is 10.5. The van der Waals surface area contributed by atoms with Crippen LogP contribution in [0.4, 0.5) is 0 Å². The Morgan fingerprint density at radius 2 is 2.36 bits per heavy atom. The average molecular weight is 196 g/mol. The van der Waals surface area contributed by atoms with Crippen molar-refractivity contribution in [2.24, 2.45) is 0 Å². The van der Waals surface area contributed by atoms with Gasteiger partial charge in [-0.05, 0) is 13.0 Å². The quantitative estimate of drug-likeness (QED) is 0.644. The first-order valence-electron chi connectivity index (χ1n) is 3.53. The van der Waals surface area contributed by atoms with Gasteiger partial charge in [0.15, 0.2) is 0 Å². The van der Waals surface area contributed by atoms with Crippen molar-refractivity contribution in [2.75, 3.05) is 25.1 Å². The topological polar surface area (TPSA) is 29.1 Å². The molecule has 1 unspecified atom stereocenters. The number of nitrogens with one attached hydrogen (secondary N) is 1. The highest BCUT2D eigenvalue weighted by molar-refractivity contribution is 7.84. The smallest absolute Gasteiger partial charge is 0.0244 e.